The summed E-state index contributed by atoms with van der Waals surface area (Å²) in [6, 6.07) is 1.54. The molecule has 0 saturated carbocycles. The van der Waals surface area contributed by atoms with E-state index in [2.05, 4.69) is 25.4 Å². The summed E-state index contributed by atoms with van der Waals surface area (Å²) in [6.07, 6.45) is 0. The molecule has 0 saturated heterocycles. The predicted octanol–water partition coefficient (Wildman–Crippen LogP) is 1.88. The zero-order valence-corrected chi connectivity index (χ0v) is 13.5. The Morgan fingerprint density at radius 3 is 2.72 bits per heavy atom. The third kappa shape index (κ3) is 3.92. The fourth-order valence-electron chi connectivity index (χ4n) is 1.03. The minimum absolute atomic E-state index is 0.167. The van der Waals surface area contributed by atoms with Crippen LogP contribution in [0.4, 0.5) is 0 Å². The van der Waals surface area contributed by atoms with Gasteiger partial charge in [-0.15, -0.1) is 22.9 Å². The molecule has 0 aromatic carbocycles. The molecule has 5 nitrogen and oxygen atoms in total. The monoisotopic (exact) mass is 375 g/mol. The van der Waals surface area contributed by atoms with Crippen molar-refractivity contribution in [3.05, 3.63) is 15.4 Å². The van der Waals surface area contributed by atoms with Gasteiger partial charge in [0.1, 0.15) is 9.59 Å². The molecule has 9 heteroatoms. The second-order valence-electron chi connectivity index (χ2n) is 3.36. The first kappa shape index (κ1) is 15.9. The highest BCUT2D eigenvalue weighted by atomic mass is 79.9. The van der Waals surface area contributed by atoms with Crippen LogP contribution in [-0.2, 0) is 19.6 Å². The number of esters is 1. The molecule has 0 radical (unpaired) electrons. The van der Waals surface area contributed by atoms with E-state index in [1.54, 1.807) is 13.0 Å². The largest absolute Gasteiger partial charge is 0.468 e. The Balaban J connectivity index is 2.74. The van der Waals surface area contributed by atoms with Gasteiger partial charge in [-0.25, -0.2) is 13.1 Å². The first-order chi connectivity index (χ1) is 8.27. The minimum atomic E-state index is -3.65. The van der Waals surface area contributed by atoms with Crippen molar-refractivity contribution in [2.24, 2.45) is 0 Å². The molecule has 1 unspecified atom stereocenters. The van der Waals surface area contributed by atoms with Gasteiger partial charge < -0.3 is 4.74 Å². The summed E-state index contributed by atoms with van der Waals surface area (Å²) in [5.41, 5.74) is 0.829. The number of alkyl halides is 1. The molecular weight excluding hydrogens is 366 g/mol. The van der Waals surface area contributed by atoms with Gasteiger partial charge in [0.2, 0.25) is 10.0 Å². The van der Waals surface area contributed by atoms with Crippen molar-refractivity contribution in [3.8, 4) is 0 Å². The van der Waals surface area contributed by atoms with Crippen molar-refractivity contribution in [2.75, 3.05) is 13.7 Å². The Kier molecular flexibility index (Phi) is 5.60. The maximum Gasteiger partial charge on any atom is 0.325 e. The molecule has 0 aliphatic heterocycles. The number of rotatable bonds is 5. The molecule has 1 heterocycles. The molecule has 0 spiro atoms. The molecule has 0 aliphatic carbocycles. The number of thiophene rings is 1. The highest BCUT2D eigenvalue weighted by Crippen LogP contribution is 2.30. The lowest BCUT2D eigenvalue weighted by molar-refractivity contribution is -0.140. The summed E-state index contributed by atoms with van der Waals surface area (Å²) >= 11 is 10.00. The molecule has 102 valence electrons. The number of hydrogen-bond acceptors (Lipinski definition) is 5. The van der Waals surface area contributed by atoms with E-state index in [-0.39, 0.29) is 10.8 Å². The SMILES string of the molecule is COC(=O)C(Cl)CNS(=O)(=O)c1cc(C)c(Br)s1. The van der Waals surface area contributed by atoms with Gasteiger partial charge in [0.05, 0.1) is 10.9 Å². The summed E-state index contributed by atoms with van der Waals surface area (Å²) in [7, 11) is -2.47. The summed E-state index contributed by atoms with van der Waals surface area (Å²) in [6.45, 7) is 1.57. The van der Waals surface area contributed by atoms with Gasteiger partial charge >= 0.3 is 5.97 Å². The van der Waals surface area contributed by atoms with E-state index >= 15 is 0 Å². The number of carbonyl (C=O) groups excluding carboxylic acids is 1. The quantitative estimate of drug-likeness (QED) is 0.629. The van der Waals surface area contributed by atoms with E-state index in [9.17, 15) is 13.2 Å². The van der Waals surface area contributed by atoms with Crippen LogP contribution in [0, 0.1) is 6.92 Å². The number of ether oxygens (including phenoxy) is 1. The number of halogens is 2. The van der Waals surface area contributed by atoms with Crippen molar-refractivity contribution >= 4 is 54.9 Å². The van der Waals surface area contributed by atoms with Crippen molar-refractivity contribution in [1.29, 1.82) is 0 Å². The number of carbonyl (C=O) groups is 1. The normalized spacial score (nSPS) is 13.3. The van der Waals surface area contributed by atoms with E-state index < -0.39 is 21.4 Å². The summed E-state index contributed by atoms with van der Waals surface area (Å²) in [5, 5.41) is -1.05. The Morgan fingerprint density at radius 1 is 1.67 bits per heavy atom. The lowest BCUT2D eigenvalue weighted by atomic mass is 10.4. The molecule has 1 rings (SSSR count). The molecule has 18 heavy (non-hydrogen) atoms. The second kappa shape index (κ2) is 6.33. The highest BCUT2D eigenvalue weighted by Gasteiger charge is 2.22. The summed E-state index contributed by atoms with van der Waals surface area (Å²) in [5.74, 6) is -0.678. The van der Waals surface area contributed by atoms with Gasteiger partial charge in [-0.05, 0) is 34.5 Å². The second-order valence-corrected chi connectivity index (χ2v) is 8.26. The van der Waals surface area contributed by atoms with Gasteiger partial charge in [0.15, 0.2) is 0 Å². The Bertz CT molecular complexity index is 523. The first-order valence-electron chi connectivity index (χ1n) is 4.75. The minimum Gasteiger partial charge on any atom is -0.468 e. The van der Waals surface area contributed by atoms with E-state index in [0.717, 1.165) is 20.7 Å². The molecule has 1 atom stereocenters. The molecule has 0 fully saturated rings. The van der Waals surface area contributed by atoms with Crippen molar-refractivity contribution in [1.82, 2.24) is 4.72 Å². The summed E-state index contributed by atoms with van der Waals surface area (Å²) in [4.78, 5) is 11.0. The van der Waals surface area contributed by atoms with E-state index in [4.69, 9.17) is 11.6 Å². The fourth-order valence-corrected chi connectivity index (χ4v) is 4.60. The zero-order valence-electron chi connectivity index (χ0n) is 9.57. The number of nitrogens with one attached hydrogen (secondary N) is 1. The van der Waals surface area contributed by atoms with Gasteiger partial charge in [0.25, 0.3) is 0 Å². The van der Waals surface area contributed by atoms with Crippen LogP contribution in [0.25, 0.3) is 0 Å². The van der Waals surface area contributed by atoms with Crippen molar-refractivity contribution in [2.45, 2.75) is 16.5 Å². The van der Waals surface area contributed by atoms with Crippen LogP contribution in [0.2, 0.25) is 0 Å². The highest BCUT2D eigenvalue weighted by molar-refractivity contribution is 9.11. The molecule has 0 amide bonds. The number of hydrogen-bond donors (Lipinski definition) is 1. The lowest BCUT2D eigenvalue weighted by Gasteiger charge is -2.08. The van der Waals surface area contributed by atoms with Crippen LogP contribution in [0.5, 0.6) is 0 Å². The third-order valence-corrected chi connectivity index (χ3v) is 6.38. The average molecular weight is 377 g/mol. The Hall–Kier alpha value is -0.150. The van der Waals surface area contributed by atoms with Crippen molar-refractivity contribution in [3.63, 3.8) is 0 Å². The van der Waals surface area contributed by atoms with Gasteiger partial charge in [-0.1, -0.05) is 0 Å². The molecule has 0 bridgehead atoms. The molecule has 1 N–H and O–H groups in total. The van der Waals surface area contributed by atoms with Crippen LogP contribution in [0.1, 0.15) is 5.56 Å². The number of sulfonamides is 1. The Morgan fingerprint density at radius 2 is 2.28 bits per heavy atom. The van der Waals surface area contributed by atoms with Crippen LogP contribution < -0.4 is 4.72 Å². The number of methoxy groups -OCH3 is 1. The summed E-state index contributed by atoms with van der Waals surface area (Å²) < 4.78 is 31.3. The van der Waals surface area contributed by atoms with E-state index in [0.29, 0.717) is 0 Å². The molecule has 1 aromatic heterocycles. The van der Waals surface area contributed by atoms with E-state index in [1.165, 1.54) is 7.11 Å². The standard InChI is InChI=1S/C9H11BrClNO4S2/c1-5-3-7(17-8(5)10)18(14,15)12-4-6(11)9(13)16-2/h3,6,12H,4H2,1-2H3. The third-order valence-electron chi connectivity index (χ3n) is 2.01. The Labute approximate surface area is 123 Å². The van der Waals surface area contributed by atoms with Crippen LogP contribution in [0.3, 0.4) is 0 Å². The predicted molar refractivity (Wildman–Crippen MR) is 73.6 cm³/mol. The van der Waals surface area contributed by atoms with Gasteiger partial charge in [-0.2, -0.15) is 0 Å². The molecule has 0 aliphatic rings. The zero-order chi connectivity index (χ0) is 13.9. The molecular formula is C9H11BrClNO4S2. The van der Waals surface area contributed by atoms with Crippen molar-refractivity contribution < 1.29 is 17.9 Å². The van der Waals surface area contributed by atoms with Gasteiger partial charge in [0, 0.05) is 6.54 Å². The van der Waals surface area contributed by atoms with Crippen LogP contribution >= 0.6 is 38.9 Å². The van der Waals surface area contributed by atoms with Gasteiger partial charge in [-0.3, -0.25) is 4.79 Å². The topological polar surface area (TPSA) is 72.5 Å². The number of aryl methyl sites for hydroxylation is 1. The van der Waals surface area contributed by atoms with E-state index in [1.807, 2.05) is 0 Å². The fraction of sp³-hybridized carbons (Fsp3) is 0.444. The molecule has 1 aromatic rings. The maximum absolute atomic E-state index is 11.9. The average Bonchev–Trinajstić information content (AvgIpc) is 2.66. The smallest absolute Gasteiger partial charge is 0.325 e. The van der Waals surface area contributed by atoms with Crippen LogP contribution in [-0.4, -0.2) is 33.4 Å². The maximum atomic E-state index is 11.9. The first-order valence-corrected chi connectivity index (χ1v) is 8.28. The lowest BCUT2D eigenvalue weighted by Crippen LogP contribution is -2.33. The van der Waals surface area contributed by atoms with Crippen LogP contribution in [0.15, 0.2) is 14.1 Å².